The number of methoxy groups -OCH3 is 1. The lowest BCUT2D eigenvalue weighted by atomic mass is 9.82. The maximum Gasteiger partial charge on any atom is 0.397 e. The molecule has 7 nitrogen and oxygen atoms in total. The second-order valence-corrected chi connectivity index (χ2v) is 10.5. The predicted molar refractivity (Wildman–Crippen MR) is 136 cm³/mol. The summed E-state index contributed by atoms with van der Waals surface area (Å²) < 4.78 is 74.9. The lowest BCUT2D eigenvalue weighted by Gasteiger charge is -2.37. The van der Waals surface area contributed by atoms with Crippen LogP contribution in [0.4, 0.5) is 27.6 Å². The van der Waals surface area contributed by atoms with Gasteiger partial charge in [0.15, 0.2) is 0 Å². The van der Waals surface area contributed by atoms with E-state index in [1.165, 1.54) is 33.1 Å². The lowest BCUT2D eigenvalue weighted by Crippen LogP contribution is -2.46. The Labute approximate surface area is 228 Å². The van der Waals surface area contributed by atoms with Gasteiger partial charge >= 0.3 is 6.18 Å². The third-order valence-corrected chi connectivity index (χ3v) is 7.36. The van der Waals surface area contributed by atoms with Crippen LogP contribution in [0.1, 0.15) is 55.8 Å². The summed E-state index contributed by atoms with van der Waals surface area (Å²) in [5, 5.41) is 2.35. The molecule has 2 aliphatic heterocycles. The van der Waals surface area contributed by atoms with E-state index in [-0.39, 0.29) is 24.2 Å². The summed E-state index contributed by atoms with van der Waals surface area (Å²) in [7, 11) is 1.43. The number of nitrogens with zero attached hydrogens (tertiary/aromatic N) is 2. The Balaban J connectivity index is 1.65. The quantitative estimate of drug-likeness (QED) is 0.505. The summed E-state index contributed by atoms with van der Waals surface area (Å²) in [6.45, 7) is 3.66. The van der Waals surface area contributed by atoms with Gasteiger partial charge in [-0.3, -0.25) is 14.4 Å². The van der Waals surface area contributed by atoms with Gasteiger partial charge < -0.3 is 19.9 Å². The number of amides is 3. The number of nitrogens with one attached hydrogen (secondary N) is 1. The number of benzene rings is 2. The Morgan fingerprint density at radius 3 is 2.20 bits per heavy atom. The zero-order chi connectivity index (χ0) is 29.4. The zero-order valence-corrected chi connectivity index (χ0v) is 22.3. The maximum absolute atomic E-state index is 15.3. The number of anilines is 1. The molecule has 0 radical (unpaired) electrons. The van der Waals surface area contributed by atoms with Gasteiger partial charge in [0.2, 0.25) is 11.8 Å². The van der Waals surface area contributed by atoms with Crippen molar-refractivity contribution in [1.29, 1.82) is 0 Å². The Morgan fingerprint density at radius 1 is 1.00 bits per heavy atom. The summed E-state index contributed by atoms with van der Waals surface area (Å²) in [5.74, 6) is -4.34. The first kappa shape index (κ1) is 29.3. The molecule has 216 valence electrons. The number of likely N-dealkylation sites (tertiary alicyclic amines) is 1. The van der Waals surface area contributed by atoms with Gasteiger partial charge in [-0.1, -0.05) is 6.07 Å². The highest BCUT2D eigenvalue weighted by molar-refractivity contribution is 5.98. The Hall–Kier alpha value is -3.70. The van der Waals surface area contributed by atoms with Crippen molar-refractivity contribution in [1.82, 2.24) is 9.80 Å². The van der Waals surface area contributed by atoms with Gasteiger partial charge in [-0.05, 0) is 68.5 Å². The fourth-order valence-electron chi connectivity index (χ4n) is 5.43. The van der Waals surface area contributed by atoms with Crippen LogP contribution >= 0.6 is 0 Å². The van der Waals surface area contributed by atoms with E-state index in [4.69, 9.17) is 4.74 Å². The third kappa shape index (κ3) is 5.90. The Morgan fingerprint density at radius 2 is 1.62 bits per heavy atom. The summed E-state index contributed by atoms with van der Waals surface area (Å²) in [6, 6.07) is 4.83. The van der Waals surface area contributed by atoms with Crippen molar-refractivity contribution < 1.29 is 41.1 Å². The molecule has 1 saturated heterocycles. The monoisotopic (exact) mass is 567 g/mol. The van der Waals surface area contributed by atoms with Crippen LogP contribution in [-0.4, -0.2) is 60.4 Å². The smallest absolute Gasteiger partial charge is 0.397 e. The number of hydrogen-bond acceptors (Lipinski definition) is 4. The highest BCUT2D eigenvalue weighted by Gasteiger charge is 2.42. The molecule has 0 saturated carbocycles. The van der Waals surface area contributed by atoms with Crippen LogP contribution in [0.5, 0.6) is 5.75 Å². The molecule has 0 aliphatic carbocycles. The number of rotatable bonds is 6. The Bertz CT molecular complexity index is 1300. The van der Waals surface area contributed by atoms with Crippen molar-refractivity contribution in [3.8, 4) is 5.75 Å². The second kappa shape index (κ2) is 11.1. The van der Waals surface area contributed by atoms with E-state index in [0.29, 0.717) is 24.4 Å². The minimum Gasteiger partial charge on any atom is -0.497 e. The van der Waals surface area contributed by atoms with Crippen molar-refractivity contribution >= 4 is 23.4 Å². The van der Waals surface area contributed by atoms with Crippen molar-refractivity contribution in [3.63, 3.8) is 0 Å². The van der Waals surface area contributed by atoms with E-state index in [1.807, 2.05) is 0 Å². The van der Waals surface area contributed by atoms with E-state index in [0.717, 1.165) is 29.9 Å². The van der Waals surface area contributed by atoms with Gasteiger partial charge in [-0.15, -0.1) is 0 Å². The second-order valence-electron chi connectivity index (χ2n) is 10.5. The standard InChI is InChI=1S/C28H30F5N3O4/c1-27(2,26(39)35-9-4-5-10-35)23-20(29)13-17(14-21(23)30)34-25(38)24-19-7-6-18(40-3)12-16(19)8-11-36(24)22(37)15-28(31,32)33/h6-7,12-14,24H,4-5,8-11,15H2,1-3H3,(H,34,38)/t24-/m1/s1. The number of fused-ring (bicyclic) bond motifs is 1. The molecule has 2 aromatic rings. The molecule has 4 rings (SSSR count). The van der Waals surface area contributed by atoms with Crippen LogP contribution in [0.3, 0.4) is 0 Å². The summed E-state index contributed by atoms with van der Waals surface area (Å²) in [5.41, 5.74) is -1.43. The maximum atomic E-state index is 15.3. The number of halogens is 5. The third-order valence-electron chi connectivity index (χ3n) is 7.36. The normalized spacial score (nSPS) is 17.4. The molecular weight excluding hydrogens is 537 g/mol. The van der Waals surface area contributed by atoms with Crippen LogP contribution in [0.25, 0.3) is 0 Å². The minimum atomic E-state index is -4.79. The first-order valence-electron chi connectivity index (χ1n) is 12.9. The number of ether oxygens (including phenoxy) is 1. The van der Waals surface area contributed by atoms with E-state index in [1.54, 1.807) is 11.0 Å². The number of alkyl halides is 3. The van der Waals surface area contributed by atoms with Crippen LogP contribution in [0.15, 0.2) is 30.3 Å². The van der Waals surface area contributed by atoms with E-state index >= 15 is 8.78 Å². The molecule has 2 aliphatic rings. The van der Waals surface area contributed by atoms with E-state index in [2.05, 4.69) is 5.32 Å². The van der Waals surface area contributed by atoms with Gasteiger partial charge in [0.25, 0.3) is 5.91 Å². The van der Waals surface area contributed by atoms with Gasteiger partial charge in [0.1, 0.15) is 29.8 Å². The largest absolute Gasteiger partial charge is 0.497 e. The van der Waals surface area contributed by atoms with Gasteiger partial charge in [-0.25, -0.2) is 8.78 Å². The average molecular weight is 568 g/mol. The fourth-order valence-corrected chi connectivity index (χ4v) is 5.43. The zero-order valence-electron chi connectivity index (χ0n) is 22.3. The first-order chi connectivity index (χ1) is 18.7. The number of carbonyl (C=O) groups excluding carboxylic acids is 3. The highest BCUT2D eigenvalue weighted by Crippen LogP contribution is 2.37. The van der Waals surface area contributed by atoms with Crippen molar-refractivity contribution in [2.24, 2.45) is 0 Å². The minimum absolute atomic E-state index is 0.179. The fraction of sp³-hybridized carbons (Fsp3) is 0.464. The summed E-state index contributed by atoms with van der Waals surface area (Å²) in [4.78, 5) is 41.4. The molecule has 1 fully saturated rings. The summed E-state index contributed by atoms with van der Waals surface area (Å²) in [6.07, 6.45) is -4.77. The van der Waals surface area contributed by atoms with Crippen molar-refractivity contribution in [3.05, 3.63) is 58.7 Å². The lowest BCUT2D eigenvalue weighted by molar-refractivity contribution is -0.164. The van der Waals surface area contributed by atoms with Crippen molar-refractivity contribution in [2.75, 3.05) is 32.1 Å². The van der Waals surface area contributed by atoms with E-state index in [9.17, 15) is 27.6 Å². The molecule has 40 heavy (non-hydrogen) atoms. The molecule has 0 spiro atoms. The van der Waals surface area contributed by atoms with Crippen LogP contribution in [-0.2, 0) is 26.2 Å². The average Bonchev–Trinajstić information content (AvgIpc) is 3.40. The molecule has 3 amide bonds. The van der Waals surface area contributed by atoms with E-state index < -0.39 is 59.0 Å². The van der Waals surface area contributed by atoms with Crippen LogP contribution in [0.2, 0.25) is 0 Å². The van der Waals surface area contributed by atoms with Crippen LogP contribution < -0.4 is 10.1 Å². The topological polar surface area (TPSA) is 79.0 Å². The van der Waals surface area contributed by atoms with Gasteiger partial charge in [-0.2, -0.15) is 13.2 Å². The molecule has 12 heteroatoms. The predicted octanol–water partition coefficient (Wildman–Crippen LogP) is 4.89. The van der Waals surface area contributed by atoms with Crippen LogP contribution in [0, 0.1) is 11.6 Å². The molecule has 2 aromatic carbocycles. The molecule has 0 aromatic heterocycles. The summed E-state index contributed by atoms with van der Waals surface area (Å²) >= 11 is 0. The highest BCUT2D eigenvalue weighted by atomic mass is 19.4. The molecule has 0 unspecified atom stereocenters. The molecule has 1 atom stereocenters. The Kier molecular flexibility index (Phi) is 8.09. The first-order valence-corrected chi connectivity index (χ1v) is 12.9. The van der Waals surface area contributed by atoms with Gasteiger partial charge in [0.05, 0.1) is 12.5 Å². The van der Waals surface area contributed by atoms with Crippen molar-refractivity contribution in [2.45, 2.75) is 57.2 Å². The number of hydrogen-bond donors (Lipinski definition) is 1. The molecule has 0 bridgehead atoms. The van der Waals surface area contributed by atoms with Gasteiger partial charge in [0, 0.05) is 30.9 Å². The number of carbonyl (C=O) groups is 3. The molecule has 1 N–H and O–H groups in total. The molecular formula is C28H30F5N3O4. The molecule has 2 heterocycles. The SMILES string of the molecule is COc1ccc2c(c1)CCN(C(=O)CC(F)(F)F)[C@H]2C(=O)Nc1cc(F)c(C(C)(C)C(=O)N2CCCC2)c(F)c1.